The lowest BCUT2D eigenvalue weighted by molar-refractivity contribution is 0.0701. The monoisotopic (exact) mass is 383 g/mol. The molecule has 2 heterocycles. The molecule has 2 aromatic rings. The molecule has 0 unspecified atom stereocenters. The molecular weight excluding hydrogens is 369 g/mol. The number of sulfone groups is 1. The zero-order valence-corrected chi connectivity index (χ0v) is 14.6. The van der Waals surface area contributed by atoms with Crippen molar-refractivity contribution in [1.29, 1.82) is 0 Å². The summed E-state index contributed by atoms with van der Waals surface area (Å²) in [7, 11) is -3.12. The number of carbonyl (C=O) groups excluding carboxylic acids is 1. The smallest absolute Gasteiger partial charge is 0.345 e. The molecule has 0 bridgehead atoms. The van der Waals surface area contributed by atoms with E-state index in [0.29, 0.717) is 11.1 Å². The van der Waals surface area contributed by atoms with E-state index in [1.54, 1.807) is 5.38 Å². The summed E-state index contributed by atoms with van der Waals surface area (Å²) in [5.41, 5.74) is 1.02. The van der Waals surface area contributed by atoms with Crippen molar-refractivity contribution in [2.24, 2.45) is 0 Å². The first kappa shape index (κ1) is 17.6. The van der Waals surface area contributed by atoms with Crippen LogP contribution in [0, 0.1) is 5.82 Å². The van der Waals surface area contributed by atoms with Crippen LogP contribution in [0.2, 0.25) is 0 Å². The summed E-state index contributed by atoms with van der Waals surface area (Å²) in [6, 6.07) is 5.23. The van der Waals surface area contributed by atoms with Crippen LogP contribution < -0.4 is 0 Å². The molecule has 9 heteroatoms. The summed E-state index contributed by atoms with van der Waals surface area (Å²) in [6.07, 6.45) is 0. The van der Waals surface area contributed by atoms with Gasteiger partial charge in [0.05, 0.1) is 11.5 Å². The number of carboxylic acids is 1. The Hall–Kier alpha value is -2.26. The topological polar surface area (TPSA) is 91.8 Å². The predicted molar refractivity (Wildman–Crippen MR) is 91.2 cm³/mol. The molecule has 25 heavy (non-hydrogen) atoms. The summed E-state index contributed by atoms with van der Waals surface area (Å²) in [5.74, 6) is -2.34. The van der Waals surface area contributed by atoms with Crippen LogP contribution in [0.25, 0.3) is 11.1 Å². The number of benzene rings is 1. The average molecular weight is 383 g/mol. The first-order valence-electron chi connectivity index (χ1n) is 7.38. The van der Waals surface area contributed by atoms with Crippen molar-refractivity contribution in [1.82, 2.24) is 4.90 Å². The highest BCUT2D eigenvalue weighted by Gasteiger charge is 2.26. The van der Waals surface area contributed by atoms with Gasteiger partial charge in [-0.1, -0.05) is 0 Å². The third-order valence-electron chi connectivity index (χ3n) is 3.92. The summed E-state index contributed by atoms with van der Waals surface area (Å²) in [6.45, 7) is 0.156. The normalized spacial score (nSPS) is 16.6. The fourth-order valence-electron chi connectivity index (χ4n) is 2.58. The minimum absolute atomic E-state index is 0.0780. The van der Waals surface area contributed by atoms with Crippen LogP contribution in [0.1, 0.15) is 20.0 Å². The lowest BCUT2D eigenvalue weighted by Gasteiger charge is -2.26. The minimum Gasteiger partial charge on any atom is -0.477 e. The number of rotatable bonds is 3. The Morgan fingerprint density at radius 3 is 2.36 bits per heavy atom. The molecule has 6 nitrogen and oxygen atoms in total. The second-order valence-electron chi connectivity index (χ2n) is 5.68. The standard InChI is InChI=1S/C16H14FNO5S2/c17-13-6-10(12-8-14(16(20)21)24-9-12)5-11(7-13)15(19)18-1-3-25(22,23)4-2-18/h5-9H,1-4H2,(H,20,21). The van der Waals surface area contributed by atoms with Crippen molar-refractivity contribution in [3.05, 3.63) is 45.9 Å². The number of thiophene rings is 1. The van der Waals surface area contributed by atoms with Gasteiger partial charge in [0.15, 0.2) is 9.84 Å². The summed E-state index contributed by atoms with van der Waals surface area (Å²) in [4.78, 5) is 25.0. The first-order valence-corrected chi connectivity index (χ1v) is 10.1. The highest BCUT2D eigenvalue weighted by molar-refractivity contribution is 7.91. The lowest BCUT2D eigenvalue weighted by atomic mass is 10.0. The van der Waals surface area contributed by atoms with E-state index in [1.807, 2.05) is 0 Å². The largest absolute Gasteiger partial charge is 0.477 e. The number of hydrogen-bond acceptors (Lipinski definition) is 5. The third kappa shape index (κ3) is 3.88. The van der Waals surface area contributed by atoms with Gasteiger partial charge in [0.2, 0.25) is 0 Å². The van der Waals surface area contributed by atoms with Gasteiger partial charge < -0.3 is 10.0 Å². The number of hydrogen-bond donors (Lipinski definition) is 1. The highest BCUT2D eigenvalue weighted by Crippen LogP contribution is 2.28. The number of carboxylic acid groups (broad SMARTS) is 1. The summed E-state index contributed by atoms with van der Waals surface area (Å²) in [5, 5.41) is 10.6. The number of amides is 1. The van der Waals surface area contributed by atoms with Crippen molar-refractivity contribution < 1.29 is 27.5 Å². The SMILES string of the molecule is O=C(O)c1cc(-c2cc(F)cc(C(=O)N3CCS(=O)(=O)CC3)c2)cs1. The Kier molecular flexibility index (Phi) is 4.61. The van der Waals surface area contributed by atoms with Gasteiger partial charge in [-0.05, 0) is 40.8 Å². The number of aromatic carboxylic acids is 1. The minimum atomic E-state index is -3.12. The van der Waals surface area contributed by atoms with Crippen LogP contribution in [0.4, 0.5) is 4.39 Å². The van der Waals surface area contributed by atoms with E-state index < -0.39 is 27.5 Å². The molecule has 0 atom stereocenters. The van der Waals surface area contributed by atoms with Gasteiger partial charge in [-0.3, -0.25) is 4.79 Å². The van der Waals surface area contributed by atoms with Crippen LogP contribution >= 0.6 is 11.3 Å². The Morgan fingerprint density at radius 1 is 1.08 bits per heavy atom. The Balaban J connectivity index is 1.88. The van der Waals surface area contributed by atoms with Crippen molar-refractivity contribution in [2.45, 2.75) is 0 Å². The lowest BCUT2D eigenvalue weighted by Crippen LogP contribution is -2.43. The zero-order chi connectivity index (χ0) is 18.2. The van der Waals surface area contributed by atoms with Crippen molar-refractivity contribution in [2.75, 3.05) is 24.6 Å². The molecule has 0 radical (unpaired) electrons. The molecule has 1 aromatic heterocycles. The zero-order valence-electron chi connectivity index (χ0n) is 12.9. The molecule has 0 spiro atoms. The van der Waals surface area contributed by atoms with E-state index in [4.69, 9.17) is 5.11 Å². The molecule has 1 aliphatic rings. The second kappa shape index (κ2) is 6.57. The maximum atomic E-state index is 13.9. The maximum absolute atomic E-state index is 13.9. The van der Waals surface area contributed by atoms with Crippen LogP contribution in [-0.2, 0) is 9.84 Å². The predicted octanol–water partition coefficient (Wildman–Crippen LogP) is 2.12. The molecule has 1 amide bonds. The molecule has 1 aliphatic heterocycles. The number of halogens is 1. The number of carbonyl (C=O) groups is 2. The molecule has 1 N–H and O–H groups in total. The molecule has 1 aromatic carbocycles. The van der Waals surface area contributed by atoms with Crippen molar-refractivity contribution in [3.8, 4) is 11.1 Å². The van der Waals surface area contributed by atoms with Gasteiger partial charge in [-0.2, -0.15) is 0 Å². The van der Waals surface area contributed by atoms with Gasteiger partial charge in [0, 0.05) is 18.7 Å². The van der Waals surface area contributed by atoms with Gasteiger partial charge >= 0.3 is 5.97 Å². The van der Waals surface area contributed by atoms with Gasteiger partial charge in [0.1, 0.15) is 10.7 Å². The maximum Gasteiger partial charge on any atom is 0.345 e. The molecule has 3 rings (SSSR count). The van der Waals surface area contributed by atoms with Crippen molar-refractivity contribution >= 4 is 33.1 Å². The fourth-order valence-corrected chi connectivity index (χ4v) is 4.53. The number of nitrogens with zero attached hydrogens (tertiary/aromatic N) is 1. The first-order chi connectivity index (χ1) is 11.7. The van der Waals surface area contributed by atoms with Crippen LogP contribution in [0.3, 0.4) is 0 Å². The van der Waals surface area contributed by atoms with Crippen molar-refractivity contribution in [3.63, 3.8) is 0 Å². The Bertz CT molecular complexity index is 937. The molecular formula is C16H14FNO5S2. The van der Waals surface area contributed by atoms with Gasteiger partial charge in [-0.25, -0.2) is 17.6 Å². The quantitative estimate of drug-likeness (QED) is 0.877. The van der Waals surface area contributed by atoms with Gasteiger partial charge in [-0.15, -0.1) is 11.3 Å². The van der Waals surface area contributed by atoms with E-state index >= 15 is 0 Å². The summed E-state index contributed by atoms with van der Waals surface area (Å²) < 4.78 is 36.9. The van der Waals surface area contributed by atoms with E-state index in [0.717, 1.165) is 17.4 Å². The summed E-state index contributed by atoms with van der Waals surface area (Å²) >= 11 is 1.02. The fraction of sp³-hybridized carbons (Fsp3) is 0.250. The highest BCUT2D eigenvalue weighted by atomic mass is 32.2. The van der Waals surface area contributed by atoms with E-state index in [9.17, 15) is 22.4 Å². The third-order valence-corrected chi connectivity index (χ3v) is 6.45. The molecule has 0 aliphatic carbocycles. The van der Waals surface area contributed by atoms with Gasteiger partial charge in [0.25, 0.3) is 5.91 Å². The Labute approximate surface area is 147 Å². The van der Waals surface area contributed by atoms with E-state index in [-0.39, 0.29) is 35.0 Å². The van der Waals surface area contributed by atoms with Crippen LogP contribution in [-0.4, -0.2) is 54.9 Å². The molecule has 132 valence electrons. The van der Waals surface area contributed by atoms with E-state index in [1.165, 1.54) is 23.1 Å². The second-order valence-corrected chi connectivity index (χ2v) is 8.89. The molecule has 1 fully saturated rings. The Morgan fingerprint density at radius 2 is 1.76 bits per heavy atom. The van der Waals surface area contributed by atoms with E-state index in [2.05, 4.69) is 0 Å². The van der Waals surface area contributed by atoms with Crippen LogP contribution in [0.15, 0.2) is 29.6 Å². The van der Waals surface area contributed by atoms with Crippen LogP contribution in [0.5, 0.6) is 0 Å². The average Bonchev–Trinajstić information content (AvgIpc) is 3.04. The molecule has 1 saturated heterocycles. The molecule has 0 saturated carbocycles.